The molecule has 0 unspecified atom stereocenters. The summed E-state index contributed by atoms with van der Waals surface area (Å²) >= 11 is 0. The second kappa shape index (κ2) is 7.76. The van der Waals surface area contributed by atoms with Crippen molar-refractivity contribution in [2.24, 2.45) is 11.8 Å². The number of piperidine rings is 1. The fourth-order valence-electron chi connectivity index (χ4n) is 4.75. The number of fused-ring (bicyclic) bond motifs is 1. The van der Waals surface area contributed by atoms with Gasteiger partial charge in [0.25, 0.3) is 0 Å². The van der Waals surface area contributed by atoms with E-state index in [9.17, 15) is 9.59 Å². The summed E-state index contributed by atoms with van der Waals surface area (Å²) in [7, 11) is 1.35. The van der Waals surface area contributed by atoms with Crippen molar-refractivity contribution in [1.82, 2.24) is 4.90 Å². The van der Waals surface area contributed by atoms with Crippen molar-refractivity contribution in [1.29, 1.82) is 0 Å². The Morgan fingerprint density at radius 3 is 2.25 bits per heavy atom. The summed E-state index contributed by atoms with van der Waals surface area (Å²) in [4.78, 5) is 28.1. The lowest BCUT2D eigenvalue weighted by Gasteiger charge is -2.45. The van der Waals surface area contributed by atoms with Gasteiger partial charge in [-0.15, -0.1) is 0 Å². The third-order valence-corrected chi connectivity index (χ3v) is 6.04. The molecule has 5 atom stereocenters. The predicted octanol–water partition coefficient (Wildman–Crippen LogP) is 3.53. The van der Waals surface area contributed by atoms with Gasteiger partial charge in [0.05, 0.1) is 19.8 Å². The molecule has 146 valence electrons. The van der Waals surface area contributed by atoms with Gasteiger partial charge >= 0.3 is 5.97 Å². The Balaban J connectivity index is 1.78. The molecule has 2 aliphatic rings. The first kappa shape index (κ1) is 18.7. The van der Waals surface area contributed by atoms with Crippen LogP contribution in [-0.2, 0) is 19.1 Å². The quantitative estimate of drug-likeness (QED) is 0.602. The summed E-state index contributed by atoms with van der Waals surface area (Å²) in [6.07, 6.45) is 0.456. The van der Waals surface area contributed by atoms with Crippen molar-refractivity contribution in [3.8, 4) is 0 Å². The van der Waals surface area contributed by atoms with Crippen molar-refractivity contribution in [3.05, 3.63) is 71.8 Å². The minimum absolute atomic E-state index is 0.0120. The fourth-order valence-corrected chi connectivity index (χ4v) is 4.75. The van der Waals surface area contributed by atoms with E-state index in [1.807, 2.05) is 60.7 Å². The number of nitrogens with zero attached hydrogens (tertiary/aromatic N) is 1. The van der Waals surface area contributed by atoms with Crippen molar-refractivity contribution in [2.75, 3.05) is 13.7 Å². The Morgan fingerprint density at radius 1 is 1.07 bits per heavy atom. The largest absolute Gasteiger partial charge is 0.468 e. The molecule has 1 amide bonds. The molecule has 5 heteroatoms. The highest BCUT2D eigenvalue weighted by Gasteiger charge is 2.56. The summed E-state index contributed by atoms with van der Waals surface area (Å²) in [5.74, 6) is -1.79. The maximum Gasteiger partial charge on any atom is 0.318 e. The highest BCUT2D eigenvalue weighted by atomic mass is 16.5. The molecule has 2 aromatic carbocycles. The minimum Gasteiger partial charge on any atom is -0.468 e. The number of ether oxygens (including phenoxy) is 2. The molecule has 2 fully saturated rings. The molecule has 0 radical (unpaired) electrons. The lowest BCUT2D eigenvalue weighted by Crippen LogP contribution is -2.56. The van der Waals surface area contributed by atoms with Crippen LogP contribution in [0.4, 0.5) is 0 Å². The summed E-state index contributed by atoms with van der Waals surface area (Å²) < 4.78 is 11.2. The number of rotatable bonds is 4. The van der Waals surface area contributed by atoms with E-state index in [0.29, 0.717) is 6.61 Å². The van der Waals surface area contributed by atoms with Gasteiger partial charge in [0.15, 0.2) is 0 Å². The van der Waals surface area contributed by atoms with Crippen LogP contribution in [0.5, 0.6) is 0 Å². The number of esters is 1. The number of hydrogen-bond acceptors (Lipinski definition) is 4. The molecule has 5 nitrogen and oxygen atoms in total. The van der Waals surface area contributed by atoms with E-state index >= 15 is 0 Å². The highest BCUT2D eigenvalue weighted by molar-refractivity contribution is 6.00. The zero-order valence-corrected chi connectivity index (χ0v) is 16.2. The number of amides is 1. The molecule has 0 aromatic heterocycles. The first-order chi connectivity index (χ1) is 13.7. The molecular formula is C23H25NO4. The van der Waals surface area contributed by atoms with E-state index in [1.165, 1.54) is 7.11 Å². The number of carbonyl (C=O) groups excluding carboxylic acids is 2. The van der Waals surface area contributed by atoms with Crippen LogP contribution < -0.4 is 0 Å². The monoisotopic (exact) mass is 379 g/mol. The maximum absolute atomic E-state index is 13.6. The Morgan fingerprint density at radius 2 is 1.68 bits per heavy atom. The van der Waals surface area contributed by atoms with E-state index < -0.39 is 11.9 Å². The van der Waals surface area contributed by atoms with Crippen molar-refractivity contribution < 1.29 is 19.1 Å². The molecule has 2 aliphatic heterocycles. The summed E-state index contributed by atoms with van der Waals surface area (Å²) in [6, 6.07) is 19.5. The highest BCUT2D eigenvalue weighted by Crippen LogP contribution is 2.49. The van der Waals surface area contributed by atoms with E-state index in [1.54, 1.807) is 4.90 Å². The number of benzene rings is 2. The van der Waals surface area contributed by atoms with Crippen molar-refractivity contribution in [3.63, 3.8) is 0 Å². The van der Waals surface area contributed by atoms with Crippen LogP contribution >= 0.6 is 0 Å². The molecule has 0 N–H and O–H groups in total. The molecule has 0 aliphatic carbocycles. The minimum atomic E-state index is -0.860. The van der Waals surface area contributed by atoms with Gasteiger partial charge in [0, 0.05) is 11.8 Å². The average Bonchev–Trinajstić information content (AvgIpc) is 3.20. The Kier molecular flexibility index (Phi) is 5.18. The lowest BCUT2D eigenvalue weighted by atomic mass is 9.71. The van der Waals surface area contributed by atoms with Crippen LogP contribution in [0.1, 0.15) is 36.4 Å². The standard InChI is InChI=1S/C23H25NO4/c1-3-17-19(16-12-8-5-9-13-16)20(23(26)27-2)21(25)24-18(14-28-22(17)24)15-10-6-4-7-11-15/h4-13,17-20,22H,3,14H2,1-2H3/t17-,18-,19+,20-,22+/m0/s1. The smallest absolute Gasteiger partial charge is 0.318 e. The lowest BCUT2D eigenvalue weighted by molar-refractivity contribution is -0.169. The van der Waals surface area contributed by atoms with Gasteiger partial charge in [-0.2, -0.15) is 0 Å². The van der Waals surface area contributed by atoms with Crippen LogP contribution in [0.2, 0.25) is 0 Å². The van der Waals surface area contributed by atoms with Gasteiger partial charge in [0.2, 0.25) is 5.91 Å². The third-order valence-electron chi connectivity index (χ3n) is 6.04. The normalized spacial score (nSPS) is 29.4. The topological polar surface area (TPSA) is 55.8 Å². The first-order valence-electron chi connectivity index (χ1n) is 9.78. The van der Waals surface area contributed by atoms with Gasteiger partial charge in [0.1, 0.15) is 12.1 Å². The number of hydrogen-bond donors (Lipinski definition) is 0. The molecule has 2 saturated heterocycles. The second-order valence-electron chi connectivity index (χ2n) is 7.41. The van der Waals surface area contributed by atoms with Gasteiger partial charge < -0.3 is 14.4 Å². The summed E-state index contributed by atoms with van der Waals surface area (Å²) in [5.41, 5.74) is 2.00. The average molecular weight is 379 g/mol. The molecule has 2 aromatic rings. The van der Waals surface area contributed by atoms with Gasteiger partial charge in [-0.1, -0.05) is 67.6 Å². The molecule has 28 heavy (non-hydrogen) atoms. The molecule has 4 rings (SSSR count). The van der Waals surface area contributed by atoms with Crippen LogP contribution in [0.3, 0.4) is 0 Å². The van der Waals surface area contributed by atoms with Crippen LogP contribution in [0.15, 0.2) is 60.7 Å². The zero-order chi connectivity index (χ0) is 19.7. The van der Waals surface area contributed by atoms with Gasteiger partial charge in [-0.25, -0.2) is 0 Å². The van der Waals surface area contributed by atoms with E-state index in [0.717, 1.165) is 17.5 Å². The Labute approximate surface area is 165 Å². The van der Waals surface area contributed by atoms with E-state index in [-0.39, 0.29) is 30.0 Å². The Bertz CT molecular complexity index is 838. The molecule has 0 spiro atoms. The molecule has 0 bridgehead atoms. The van der Waals surface area contributed by atoms with Crippen molar-refractivity contribution >= 4 is 11.9 Å². The summed E-state index contributed by atoms with van der Waals surface area (Å²) in [6.45, 7) is 2.52. The second-order valence-corrected chi connectivity index (χ2v) is 7.41. The van der Waals surface area contributed by atoms with E-state index in [2.05, 4.69) is 6.92 Å². The third kappa shape index (κ3) is 3.00. The van der Waals surface area contributed by atoms with Crippen LogP contribution in [0, 0.1) is 11.8 Å². The van der Waals surface area contributed by atoms with E-state index in [4.69, 9.17) is 9.47 Å². The summed E-state index contributed by atoms with van der Waals surface area (Å²) in [5, 5.41) is 0. The maximum atomic E-state index is 13.6. The number of carbonyl (C=O) groups is 2. The molecular weight excluding hydrogens is 354 g/mol. The van der Waals surface area contributed by atoms with Gasteiger partial charge in [-0.3, -0.25) is 9.59 Å². The zero-order valence-electron chi connectivity index (χ0n) is 16.2. The van der Waals surface area contributed by atoms with Crippen LogP contribution in [-0.4, -0.2) is 36.7 Å². The van der Waals surface area contributed by atoms with Gasteiger partial charge in [-0.05, 0) is 17.5 Å². The molecule has 2 heterocycles. The first-order valence-corrected chi connectivity index (χ1v) is 9.78. The SMILES string of the molecule is CC[C@H]1[C@@H](c2ccccc2)[C@H](C(=O)OC)C(=O)N2[C@@H]1OC[C@H]2c1ccccc1. The number of methoxy groups -OCH3 is 1. The predicted molar refractivity (Wildman–Crippen MR) is 104 cm³/mol. The Hall–Kier alpha value is -2.66. The molecule has 0 saturated carbocycles. The fraction of sp³-hybridized carbons (Fsp3) is 0.391. The van der Waals surface area contributed by atoms with Crippen LogP contribution in [0.25, 0.3) is 0 Å². The van der Waals surface area contributed by atoms with Crippen molar-refractivity contribution in [2.45, 2.75) is 31.5 Å².